The molecule has 35 heavy (non-hydrogen) atoms. The van der Waals surface area contributed by atoms with Crippen LogP contribution in [0, 0.1) is 6.92 Å². The number of anilines is 1. The van der Waals surface area contributed by atoms with Crippen molar-refractivity contribution in [3.63, 3.8) is 0 Å². The van der Waals surface area contributed by atoms with E-state index >= 15 is 0 Å². The van der Waals surface area contributed by atoms with Crippen LogP contribution in [0.2, 0.25) is 10.0 Å². The summed E-state index contributed by atoms with van der Waals surface area (Å²) in [5, 5.41) is 1.20. The first-order valence-corrected chi connectivity index (χ1v) is 12.6. The molecule has 9 heteroatoms. The lowest BCUT2D eigenvalue weighted by atomic mass is 10.0. The van der Waals surface area contributed by atoms with E-state index in [-0.39, 0.29) is 12.1 Å². The molecule has 184 valence electrons. The van der Waals surface area contributed by atoms with E-state index in [1.807, 2.05) is 41.0 Å². The Bertz CT molecular complexity index is 1200. The number of halogens is 2. The first-order valence-electron chi connectivity index (χ1n) is 11.8. The Morgan fingerprint density at radius 2 is 1.80 bits per heavy atom. The number of likely N-dealkylation sites (tertiary alicyclic amines) is 1. The summed E-state index contributed by atoms with van der Waals surface area (Å²) >= 11 is 12.4. The average Bonchev–Trinajstić information content (AvgIpc) is 3.52. The van der Waals surface area contributed by atoms with Crippen LogP contribution in [0.4, 0.5) is 10.5 Å². The lowest BCUT2D eigenvalue weighted by molar-refractivity contribution is 0.145. The minimum absolute atomic E-state index is 0.00765. The third kappa shape index (κ3) is 4.93. The molecule has 2 amide bonds. The number of nitrogens with zero attached hydrogens (tertiary/aromatic N) is 4. The smallest absolute Gasteiger partial charge is 0.320 e. The molecule has 1 aromatic heterocycles. The van der Waals surface area contributed by atoms with Crippen molar-refractivity contribution < 1.29 is 13.9 Å². The summed E-state index contributed by atoms with van der Waals surface area (Å²) in [4.78, 5) is 23.8. The number of aryl methyl sites for hydroxylation is 1. The minimum Gasteiger partial charge on any atom is -0.496 e. The number of oxazole rings is 1. The number of hydrogen-bond donors (Lipinski definition) is 0. The highest BCUT2D eigenvalue weighted by Gasteiger charge is 2.34. The second-order valence-corrected chi connectivity index (χ2v) is 9.81. The predicted molar refractivity (Wildman–Crippen MR) is 138 cm³/mol. The first-order chi connectivity index (χ1) is 16.9. The van der Waals surface area contributed by atoms with Crippen molar-refractivity contribution in [2.75, 3.05) is 44.7 Å². The predicted octanol–water partition coefficient (Wildman–Crippen LogP) is 6.04. The highest BCUT2D eigenvalue weighted by Crippen LogP contribution is 2.37. The molecule has 0 spiro atoms. The van der Waals surface area contributed by atoms with Gasteiger partial charge in [0.15, 0.2) is 11.7 Å². The van der Waals surface area contributed by atoms with E-state index < -0.39 is 0 Å². The molecule has 0 bridgehead atoms. The molecule has 7 nitrogen and oxygen atoms in total. The molecule has 2 aromatic carbocycles. The summed E-state index contributed by atoms with van der Waals surface area (Å²) in [5.41, 5.74) is 2.93. The van der Waals surface area contributed by atoms with Crippen LogP contribution < -0.4 is 9.64 Å². The molecule has 0 N–H and O–H groups in total. The number of piperazine rings is 1. The van der Waals surface area contributed by atoms with Crippen LogP contribution in [-0.2, 0) is 0 Å². The highest BCUT2D eigenvalue weighted by molar-refractivity contribution is 6.34. The summed E-state index contributed by atoms with van der Waals surface area (Å²) in [6, 6.07) is 11.7. The van der Waals surface area contributed by atoms with Crippen LogP contribution in [0.3, 0.4) is 0 Å². The van der Waals surface area contributed by atoms with Gasteiger partial charge in [-0.05, 0) is 48.7 Å². The number of carbonyl (C=O) groups is 1. The molecule has 0 aliphatic carbocycles. The molecule has 5 rings (SSSR count). The maximum Gasteiger partial charge on any atom is 0.320 e. The van der Waals surface area contributed by atoms with Gasteiger partial charge < -0.3 is 23.9 Å². The monoisotopic (exact) mass is 514 g/mol. The largest absolute Gasteiger partial charge is 0.496 e. The van der Waals surface area contributed by atoms with Crippen LogP contribution in [0.15, 0.2) is 47.0 Å². The van der Waals surface area contributed by atoms with Gasteiger partial charge in [-0.25, -0.2) is 9.78 Å². The zero-order valence-corrected chi connectivity index (χ0v) is 21.3. The molecule has 2 aliphatic rings. The van der Waals surface area contributed by atoms with Gasteiger partial charge in [0.05, 0.1) is 24.9 Å². The van der Waals surface area contributed by atoms with Gasteiger partial charge >= 0.3 is 6.03 Å². The van der Waals surface area contributed by atoms with Crippen molar-refractivity contribution in [3.8, 4) is 17.1 Å². The molecule has 1 atom stereocenters. The fourth-order valence-electron chi connectivity index (χ4n) is 5.01. The molecule has 2 saturated heterocycles. The van der Waals surface area contributed by atoms with E-state index in [4.69, 9.17) is 32.4 Å². The van der Waals surface area contributed by atoms with Crippen molar-refractivity contribution in [2.24, 2.45) is 0 Å². The van der Waals surface area contributed by atoms with Crippen LogP contribution in [-0.4, -0.2) is 60.6 Å². The average molecular weight is 515 g/mol. The summed E-state index contributed by atoms with van der Waals surface area (Å²) in [6.07, 6.45) is 3.59. The first kappa shape index (κ1) is 23.8. The number of rotatable bonds is 4. The molecule has 0 radical (unpaired) electrons. The minimum atomic E-state index is 0.00765. The normalized spacial score (nSPS) is 18.3. The second kappa shape index (κ2) is 9.99. The molecule has 0 saturated carbocycles. The van der Waals surface area contributed by atoms with Crippen LogP contribution >= 0.6 is 23.2 Å². The quantitative estimate of drug-likeness (QED) is 0.424. The summed E-state index contributed by atoms with van der Waals surface area (Å²) in [6.45, 7) is 5.37. The van der Waals surface area contributed by atoms with E-state index in [1.165, 1.54) is 0 Å². The molecule has 3 heterocycles. The maximum atomic E-state index is 13.4. The number of hydrogen-bond acceptors (Lipinski definition) is 5. The Morgan fingerprint density at radius 1 is 1.06 bits per heavy atom. The molecule has 2 aliphatic heterocycles. The molecule has 2 fully saturated rings. The molecular formula is C26H28Cl2N4O3. The zero-order valence-electron chi connectivity index (χ0n) is 19.8. The van der Waals surface area contributed by atoms with Gasteiger partial charge in [0.25, 0.3) is 0 Å². The summed E-state index contributed by atoms with van der Waals surface area (Å²) < 4.78 is 11.3. The Balaban J connectivity index is 1.26. The number of aromatic nitrogens is 1. The van der Waals surface area contributed by atoms with Gasteiger partial charge in [-0.3, -0.25) is 0 Å². The third-order valence-electron chi connectivity index (χ3n) is 6.76. The highest BCUT2D eigenvalue weighted by atomic mass is 35.5. The summed E-state index contributed by atoms with van der Waals surface area (Å²) in [5.74, 6) is 2.03. The van der Waals surface area contributed by atoms with Crippen LogP contribution in [0.25, 0.3) is 11.3 Å². The fourth-order valence-corrected chi connectivity index (χ4v) is 5.56. The number of methoxy groups -OCH3 is 1. The van der Waals surface area contributed by atoms with Crippen molar-refractivity contribution in [3.05, 3.63) is 64.1 Å². The summed E-state index contributed by atoms with van der Waals surface area (Å²) in [7, 11) is 1.65. The van der Waals surface area contributed by atoms with Crippen LogP contribution in [0.5, 0.6) is 5.75 Å². The third-order valence-corrected chi connectivity index (χ3v) is 7.19. The lowest BCUT2D eigenvalue weighted by Gasteiger charge is -2.39. The van der Waals surface area contributed by atoms with Crippen molar-refractivity contribution in [1.29, 1.82) is 0 Å². The van der Waals surface area contributed by atoms with E-state index in [0.29, 0.717) is 34.8 Å². The van der Waals surface area contributed by atoms with E-state index in [0.717, 1.165) is 55.0 Å². The molecule has 1 unspecified atom stereocenters. The van der Waals surface area contributed by atoms with E-state index in [2.05, 4.69) is 16.0 Å². The van der Waals surface area contributed by atoms with Gasteiger partial charge in [0.2, 0.25) is 0 Å². The molecule has 3 aromatic rings. The van der Waals surface area contributed by atoms with Gasteiger partial charge in [0, 0.05) is 61.4 Å². The number of carbonyl (C=O) groups excluding carboxylic acids is 1. The lowest BCUT2D eigenvalue weighted by Crippen LogP contribution is -2.52. The maximum absolute atomic E-state index is 13.4. The Hall–Kier alpha value is -2.90. The number of urea groups is 1. The Morgan fingerprint density at radius 3 is 2.46 bits per heavy atom. The standard InChI is InChI=1S/C26H28Cl2N4O3/c1-17-29-16-25(35-17)22-6-5-21(15-24(22)34-2)30-8-10-31(11-9-30)26(33)32-7-3-4-23(32)18-12-19(27)14-20(28)13-18/h5-6,12-16,23H,3-4,7-11H2,1-2H3. The van der Waals surface area contributed by atoms with Gasteiger partial charge in [0.1, 0.15) is 5.75 Å². The van der Waals surface area contributed by atoms with Crippen molar-refractivity contribution >= 4 is 34.9 Å². The van der Waals surface area contributed by atoms with E-state index in [9.17, 15) is 4.79 Å². The Labute approximate surface area is 215 Å². The topological polar surface area (TPSA) is 62.1 Å². The number of amides is 2. The van der Waals surface area contributed by atoms with Gasteiger partial charge in [-0.2, -0.15) is 0 Å². The van der Waals surface area contributed by atoms with Gasteiger partial charge in [-0.15, -0.1) is 0 Å². The number of ether oxygens (including phenoxy) is 1. The fraction of sp³-hybridized carbons (Fsp3) is 0.385. The molecular weight excluding hydrogens is 487 g/mol. The number of benzene rings is 2. The Kier molecular flexibility index (Phi) is 6.80. The van der Waals surface area contributed by atoms with Gasteiger partial charge in [-0.1, -0.05) is 23.2 Å². The zero-order chi connectivity index (χ0) is 24.5. The van der Waals surface area contributed by atoms with Crippen LogP contribution in [0.1, 0.15) is 30.3 Å². The second-order valence-electron chi connectivity index (χ2n) is 8.94. The SMILES string of the molecule is COc1cc(N2CCN(C(=O)N3CCCC3c3cc(Cl)cc(Cl)c3)CC2)ccc1-c1cnc(C)o1. The van der Waals surface area contributed by atoms with Crippen molar-refractivity contribution in [1.82, 2.24) is 14.8 Å². The van der Waals surface area contributed by atoms with Crippen molar-refractivity contribution in [2.45, 2.75) is 25.8 Å². The van der Waals surface area contributed by atoms with E-state index in [1.54, 1.807) is 19.4 Å².